The maximum Gasteiger partial charge on any atom is 0.233 e. The number of hydrogen-bond donors (Lipinski definition) is 2. The van der Waals surface area contributed by atoms with E-state index < -0.39 is 11.8 Å². The molecule has 3 rings (SSSR count). The van der Waals surface area contributed by atoms with Crippen molar-refractivity contribution in [1.82, 2.24) is 0 Å². The molecule has 3 aromatic carbocycles. The molecule has 0 spiro atoms. The van der Waals surface area contributed by atoms with Gasteiger partial charge in [-0.2, -0.15) is 5.26 Å². The summed E-state index contributed by atoms with van der Waals surface area (Å²) in [7, 11) is 0. The number of benzene rings is 3. The Kier molecular flexibility index (Phi) is 6.01. The standard InChI is InChI=1S/C22H17N3O3/c23-15-16-5-4-6-18(13-16)25-22(27)14-21(26)24-17-9-11-20(12-10-17)28-19-7-2-1-3-8-19/h1-13H,14H2,(H,24,26)(H,25,27). The van der Waals surface area contributed by atoms with Crippen molar-refractivity contribution >= 4 is 23.2 Å². The molecule has 2 amide bonds. The van der Waals surface area contributed by atoms with Crippen LogP contribution in [0, 0.1) is 11.3 Å². The Bertz CT molecular complexity index is 1010. The second-order valence-electron chi connectivity index (χ2n) is 5.91. The van der Waals surface area contributed by atoms with Crippen LogP contribution in [0.25, 0.3) is 0 Å². The molecule has 0 fully saturated rings. The van der Waals surface area contributed by atoms with Gasteiger partial charge in [-0.15, -0.1) is 0 Å². The van der Waals surface area contributed by atoms with Crippen molar-refractivity contribution in [2.75, 3.05) is 10.6 Å². The number of carbonyl (C=O) groups excluding carboxylic acids is 2. The van der Waals surface area contributed by atoms with Crippen molar-refractivity contribution in [3.63, 3.8) is 0 Å². The Morgan fingerprint density at radius 1 is 0.786 bits per heavy atom. The Balaban J connectivity index is 1.51. The topological polar surface area (TPSA) is 91.2 Å². The van der Waals surface area contributed by atoms with E-state index in [2.05, 4.69) is 10.6 Å². The first-order valence-corrected chi connectivity index (χ1v) is 8.55. The Labute approximate surface area is 162 Å². The van der Waals surface area contributed by atoms with Gasteiger partial charge in [-0.25, -0.2) is 0 Å². The molecule has 28 heavy (non-hydrogen) atoms. The smallest absolute Gasteiger partial charge is 0.233 e. The minimum absolute atomic E-state index is 0.334. The van der Waals surface area contributed by atoms with Crippen LogP contribution in [0.2, 0.25) is 0 Å². The highest BCUT2D eigenvalue weighted by Gasteiger charge is 2.10. The van der Waals surface area contributed by atoms with E-state index in [1.807, 2.05) is 36.4 Å². The average Bonchev–Trinajstić information content (AvgIpc) is 2.70. The lowest BCUT2D eigenvalue weighted by Gasteiger charge is -2.09. The summed E-state index contributed by atoms with van der Waals surface area (Å²) in [5, 5.41) is 14.1. The molecule has 2 N–H and O–H groups in total. The van der Waals surface area contributed by atoms with Gasteiger partial charge in [0.05, 0.1) is 11.6 Å². The molecule has 0 aliphatic heterocycles. The number of rotatable bonds is 6. The van der Waals surface area contributed by atoms with Gasteiger partial charge in [0.15, 0.2) is 0 Å². The van der Waals surface area contributed by atoms with Crippen molar-refractivity contribution < 1.29 is 14.3 Å². The fourth-order valence-electron chi connectivity index (χ4n) is 2.45. The van der Waals surface area contributed by atoms with Crippen LogP contribution in [0.3, 0.4) is 0 Å². The van der Waals surface area contributed by atoms with Crippen LogP contribution in [0.4, 0.5) is 11.4 Å². The maximum absolute atomic E-state index is 12.1. The minimum atomic E-state index is -0.461. The average molecular weight is 371 g/mol. The lowest BCUT2D eigenvalue weighted by Crippen LogP contribution is -2.21. The van der Waals surface area contributed by atoms with Crippen molar-refractivity contribution in [3.05, 3.63) is 84.4 Å². The van der Waals surface area contributed by atoms with Gasteiger partial charge in [-0.1, -0.05) is 24.3 Å². The SMILES string of the molecule is N#Cc1cccc(NC(=O)CC(=O)Nc2ccc(Oc3ccccc3)cc2)c1. The molecule has 0 heterocycles. The van der Waals surface area contributed by atoms with E-state index in [1.54, 1.807) is 48.5 Å². The molecule has 0 aliphatic carbocycles. The largest absolute Gasteiger partial charge is 0.457 e. The van der Waals surface area contributed by atoms with Gasteiger partial charge in [0.25, 0.3) is 0 Å². The van der Waals surface area contributed by atoms with Gasteiger partial charge in [0.2, 0.25) is 11.8 Å². The quantitative estimate of drug-likeness (QED) is 0.631. The summed E-state index contributed by atoms with van der Waals surface area (Å²) in [6.45, 7) is 0. The predicted octanol–water partition coefficient (Wildman–Crippen LogP) is 4.32. The van der Waals surface area contributed by atoms with Gasteiger partial charge in [-0.3, -0.25) is 9.59 Å². The zero-order valence-electron chi connectivity index (χ0n) is 14.9. The molecule has 0 aromatic heterocycles. The number of ether oxygens (including phenoxy) is 1. The third-order valence-electron chi connectivity index (χ3n) is 3.71. The van der Waals surface area contributed by atoms with Crippen LogP contribution in [0.5, 0.6) is 11.5 Å². The number of anilines is 2. The number of nitrogens with zero attached hydrogens (tertiary/aromatic N) is 1. The molecule has 138 valence electrons. The summed E-state index contributed by atoms with van der Waals surface area (Å²) in [5.41, 5.74) is 1.46. The van der Waals surface area contributed by atoms with E-state index in [4.69, 9.17) is 10.00 Å². The van der Waals surface area contributed by atoms with E-state index in [1.165, 1.54) is 0 Å². The summed E-state index contributed by atoms with van der Waals surface area (Å²) in [5.74, 6) is 0.457. The van der Waals surface area contributed by atoms with E-state index in [0.29, 0.717) is 22.7 Å². The van der Waals surface area contributed by atoms with Crippen LogP contribution >= 0.6 is 0 Å². The molecule has 0 saturated carbocycles. The summed E-state index contributed by atoms with van der Waals surface area (Å²) in [6.07, 6.45) is -0.334. The molecular weight excluding hydrogens is 354 g/mol. The first-order valence-electron chi connectivity index (χ1n) is 8.55. The summed E-state index contributed by atoms with van der Waals surface area (Å²) < 4.78 is 5.69. The minimum Gasteiger partial charge on any atom is -0.457 e. The molecule has 0 unspecified atom stereocenters. The molecule has 0 atom stereocenters. The van der Waals surface area contributed by atoms with Crippen molar-refractivity contribution in [2.24, 2.45) is 0 Å². The van der Waals surface area contributed by atoms with Gasteiger partial charge >= 0.3 is 0 Å². The Hall–Kier alpha value is -4.11. The zero-order chi connectivity index (χ0) is 19.8. The van der Waals surface area contributed by atoms with Crippen LogP contribution in [-0.4, -0.2) is 11.8 Å². The highest BCUT2D eigenvalue weighted by atomic mass is 16.5. The summed E-state index contributed by atoms with van der Waals surface area (Å²) in [6, 6.07) is 24.7. The second kappa shape index (κ2) is 9.01. The normalized spacial score (nSPS) is 9.82. The molecule has 6 heteroatoms. The lowest BCUT2D eigenvalue weighted by atomic mass is 10.2. The molecule has 0 saturated heterocycles. The highest BCUT2D eigenvalue weighted by Crippen LogP contribution is 2.22. The van der Waals surface area contributed by atoms with Gasteiger partial charge < -0.3 is 15.4 Å². The predicted molar refractivity (Wildman–Crippen MR) is 106 cm³/mol. The summed E-state index contributed by atoms with van der Waals surface area (Å²) >= 11 is 0. The van der Waals surface area contributed by atoms with Crippen LogP contribution < -0.4 is 15.4 Å². The molecular formula is C22H17N3O3. The molecule has 0 bridgehead atoms. The number of hydrogen-bond acceptors (Lipinski definition) is 4. The van der Waals surface area contributed by atoms with E-state index in [9.17, 15) is 9.59 Å². The third kappa shape index (κ3) is 5.44. The molecule has 3 aromatic rings. The number of nitriles is 1. The first-order chi connectivity index (χ1) is 13.6. The van der Waals surface area contributed by atoms with Crippen molar-refractivity contribution in [3.8, 4) is 17.6 Å². The monoisotopic (exact) mass is 371 g/mol. The van der Waals surface area contributed by atoms with Gasteiger partial charge in [0, 0.05) is 11.4 Å². The van der Waals surface area contributed by atoms with E-state index in [0.717, 1.165) is 5.75 Å². The van der Waals surface area contributed by atoms with E-state index in [-0.39, 0.29) is 6.42 Å². The first kappa shape index (κ1) is 18.7. The number of carbonyl (C=O) groups is 2. The fourth-order valence-corrected chi connectivity index (χ4v) is 2.45. The fraction of sp³-hybridized carbons (Fsp3) is 0.0455. The van der Waals surface area contributed by atoms with Gasteiger partial charge in [0.1, 0.15) is 17.9 Å². The Morgan fingerprint density at radius 2 is 1.43 bits per heavy atom. The number of nitrogens with one attached hydrogen (secondary N) is 2. The second-order valence-corrected chi connectivity index (χ2v) is 5.91. The van der Waals surface area contributed by atoms with Crippen LogP contribution in [0.1, 0.15) is 12.0 Å². The lowest BCUT2D eigenvalue weighted by molar-refractivity contribution is -0.123. The zero-order valence-corrected chi connectivity index (χ0v) is 14.9. The van der Waals surface area contributed by atoms with Gasteiger partial charge in [-0.05, 0) is 54.6 Å². The number of amides is 2. The maximum atomic E-state index is 12.1. The Morgan fingerprint density at radius 3 is 2.11 bits per heavy atom. The van der Waals surface area contributed by atoms with E-state index >= 15 is 0 Å². The number of para-hydroxylation sites is 1. The highest BCUT2D eigenvalue weighted by molar-refractivity contribution is 6.08. The van der Waals surface area contributed by atoms with Crippen LogP contribution in [-0.2, 0) is 9.59 Å². The molecule has 0 aliphatic rings. The summed E-state index contributed by atoms with van der Waals surface area (Å²) in [4.78, 5) is 24.1. The molecule has 0 radical (unpaired) electrons. The third-order valence-corrected chi connectivity index (χ3v) is 3.71. The van der Waals surface area contributed by atoms with Crippen LogP contribution in [0.15, 0.2) is 78.9 Å². The van der Waals surface area contributed by atoms with Crippen molar-refractivity contribution in [2.45, 2.75) is 6.42 Å². The van der Waals surface area contributed by atoms with Crippen molar-refractivity contribution in [1.29, 1.82) is 5.26 Å². The molecule has 6 nitrogen and oxygen atoms in total.